The van der Waals surface area contributed by atoms with E-state index in [9.17, 15) is 4.79 Å². The fourth-order valence-electron chi connectivity index (χ4n) is 2.42. The molecule has 1 aromatic rings. The van der Waals surface area contributed by atoms with Crippen molar-refractivity contribution >= 4 is 5.91 Å². The minimum Gasteiger partial charge on any atom is -0.353 e. The van der Waals surface area contributed by atoms with Gasteiger partial charge in [-0.2, -0.15) is 0 Å². The zero-order chi connectivity index (χ0) is 12.1. The Bertz CT molecular complexity index is 363. The van der Waals surface area contributed by atoms with E-state index in [2.05, 4.69) is 24.4 Å². The standard InChI is InChI=1S/C15H21NO/c1-12-7-9-13(10-8-12)11-15(17)16-14-5-3-2-4-6-14/h7-10,14H,2-6,11H2,1H3,(H,16,17). The second-order valence-electron chi connectivity index (χ2n) is 5.06. The maximum Gasteiger partial charge on any atom is 0.224 e. The van der Waals surface area contributed by atoms with Crippen LogP contribution < -0.4 is 5.32 Å². The van der Waals surface area contributed by atoms with Gasteiger partial charge in [0.2, 0.25) is 5.91 Å². The monoisotopic (exact) mass is 231 g/mol. The first-order chi connectivity index (χ1) is 8.24. The molecule has 2 heteroatoms. The van der Waals surface area contributed by atoms with Crippen LogP contribution >= 0.6 is 0 Å². The Morgan fingerprint density at radius 3 is 2.47 bits per heavy atom. The number of nitrogens with one attached hydrogen (secondary N) is 1. The highest BCUT2D eigenvalue weighted by Gasteiger charge is 2.15. The van der Waals surface area contributed by atoms with Crippen LogP contribution in [0, 0.1) is 6.92 Å². The smallest absolute Gasteiger partial charge is 0.224 e. The molecular formula is C15H21NO. The molecule has 0 heterocycles. The molecule has 1 fully saturated rings. The van der Waals surface area contributed by atoms with Crippen LogP contribution in [0.1, 0.15) is 43.2 Å². The molecule has 0 radical (unpaired) electrons. The third-order valence-corrected chi connectivity index (χ3v) is 3.46. The number of carbonyl (C=O) groups excluding carboxylic acids is 1. The van der Waals surface area contributed by atoms with E-state index < -0.39 is 0 Å². The van der Waals surface area contributed by atoms with Crippen molar-refractivity contribution in [2.24, 2.45) is 0 Å². The summed E-state index contributed by atoms with van der Waals surface area (Å²) in [4.78, 5) is 11.9. The maximum atomic E-state index is 11.9. The molecule has 1 aliphatic carbocycles. The van der Waals surface area contributed by atoms with E-state index in [-0.39, 0.29) is 5.91 Å². The molecule has 1 N–H and O–H groups in total. The second-order valence-corrected chi connectivity index (χ2v) is 5.06. The summed E-state index contributed by atoms with van der Waals surface area (Å²) in [5.74, 6) is 0.167. The Morgan fingerprint density at radius 2 is 1.82 bits per heavy atom. The zero-order valence-corrected chi connectivity index (χ0v) is 10.5. The molecular weight excluding hydrogens is 210 g/mol. The lowest BCUT2D eigenvalue weighted by Gasteiger charge is -2.22. The van der Waals surface area contributed by atoms with Crippen molar-refractivity contribution < 1.29 is 4.79 Å². The van der Waals surface area contributed by atoms with Crippen LogP contribution in [0.15, 0.2) is 24.3 Å². The van der Waals surface area contributed by atoms with Crippen molar-refractivity contribution in [2.45, 2.75) is 51.5 Å². The van der Waals surface area contributed by atoms with Gasteiger partial charge in [-0.25, -0.2) is 0 Å². The zero-order valence-electron chi connectivity index (χ0n) is 10.5. The summed E-state index contributed by atoms with van der Waals surface area (Å²) in [5.41, 5.74) is 2.34. The normalized spacial score (nSPS) is 16.8. The van der Waals surface area contributed by atoms with Gasteiger partial charge >= 0.3 is 0 Å². The molecule has 2 nitrogen and oxygen atoms in total. The van der Waals surface area contributed by atoms with Gasteiger partial charge < -0.3 is 5.32 Å². The number of carbonyl (C=O) groups is 1. The Balaban J connectivity index is 1.82. The summed E-state index contributed by atoms with van der Waals surface area (Å²) in [7, 11) is 0. The number of benzene rings is 1. The summed E-state index contributed by atoms with van der Waals surface area (Å²) in [6.45, 7) is 2.06. The lowest BCUT2D eigenvalue weighted by atomic mass is 9.95. The average molecular weight is 231 g/mol. The molecule has 92 valence electrons. The molecule has 2 rings (SSSR count). The highest BCUT2D eigenvalue weighted by atomic mass is 16.1. The molecule has 0 aromatic heterocycles. The van der Waals surface area contributed by atoms with Crippen LogP contribution in [0.25, 0.3) is 0 Å². The quantitative estimate of drug-likeness (QED) is 0.851. The van der Waals surface area contributed by atoms with E-state index >= 15 is 0 Å². The molecule has 0 bridgehead atoms. The topological polar surface area (TPSA) is 29.1 Å². The average Bonchev–Trinajstić information content (AvgIpc) is 2.33. The van der Waals surface area contributed by atoms with Crippen LogP contribution in [-0.4, -0.2) is 11.9 Å². The molecule has 1 aliphatic rings. The van der Waals surface area contributed by atoms with Crippen molar-refractivity contribution in [1.29, 1.82) is 0 Å². The summed E-state index contributed by atoms with van der Waals surface area (Å²) >= 11 is 0. The van der Waals surface area contributed by atoms with Gasteiger partial charge in [-0.1, -0.05) is 49.1 Å². The molecule has 1 aromatic carbocycles. The maximum absolute atomic E-state index is 11.9. The number of aryl methyl sites for hydroxylation is 1. The number of hydrogen-bond acceptors (Lipinski definition) is 1. The minimum absolute atomic E-state index is 0.167. The number of hydrogen-bond donors (Lipinski definition) is 1. The Labute approximate surface area is 103 Å². The summed E-state index contributed by atoms with van der Waals surface area (Å²) in [5, 5.41) is 3.14. The molecule has 1 amide bonds. The van der Waals surface area contributed by atoms with E-state index in [0.717, 1.165) is 18.4 Å². The van der Waals surface area contributed by atoms with Crippen molar-refractivity contribution in [3.63, 3.8) is 0 Å². The largest absolute Gasteiger partial charge is 0.353 e. The Hall–Kier alpha value is -1.31. The first-order valence-corrected chi connectivity index (χ1v) is 6.59. The van der Waals surface area contributed by atoms with E-state index in [1.54, 1.807) is 0 Å². The van der Waals surface area contributed by atoms with Gasteiger partial charge in [-0.15, -0.1) is 0 Å². The SMILES string of the molecule is Cc1ccc(CC(=O)NC2CCCCC2)cc1. The predicted molar refractivity (Wildman–Crippen MR) is 69.9 cm³/mol. The third-order valence-electron chi connectivity index (χ3n) is 3.46. The molecule has 0 unspecified atom stereocenters. The molecule has 1 saturated carbocycles. The van der Waals surface area contributed by atoms with E-state index in [4.69, 9.17) is 0 Å². The van der Waals surface area contributed by atoms with Gasteiger partial charge in [0, 0.05) is 6.04 Å². The van der Waals surface area contributed by atoms with Gasteiger partial charge in [-0.3, -0.25) is 4.79 Å². The first kappa shape index (κ1) is 12.2. The van der Waals surface area contributed by atoms with Gasteiger partial charge in [-0.05, 0) is 25.3 Å². The lowest BCUT2D eigenvalue weighted by Crippen LogP contribution is -2.37. The summed E-state index contributed by atoms with van der Waals surface area (Å²) in [6, 6.07) is 8.61. The highest BCUT2D eigenvalue weighted by molar-refractivity contribution is 5.78. The Kier molecular flexibility index (Phi) is 4.18. The van der Waals surface area contributed by atoms with Crippen LogP contribution in [-0.2, 0) is 11.2 Å². The number of rotatable bonds is 3. The van der Waals surface area contributed by atoms with Gasteiger partial charge in [0.1, 0.15) is 0 Å². The molecule has 0 saturated heterocycles. The van der Waals surface area contributed by atoms with Crippen molar-refractivity contribution in [3.8, 4) is 0 Å². The second kappa shape index (κ2) is 5.85. The van der Waals surface area contributed by atoms with E-state index in [0.29, 0.717) is 12.5 Å². The predicted octanol–water partition coefficient (Wildman–Crippen LogP) is 2.99. The van der Waals surface area contributed by atoms with Crippen LogP contribution in [0.4, 0.5) is 0 Å². The summed E-state index contributed by atoms with van der Waals surface area (Å²) < 4.78 is 0. The van der Waals surface area contributed by atoms with Crippen LogP contribution in [0.5, 0.6) is 0 Å². The molecule has 17 heavy (non-hydrogen) atoms. The summed E-state index contributed by atoms with van der Waals surface area (Å²) in [6.07, 6.45) is 6.66. The van der Waals surface area contributed by atoms with E-state index in [1.807, 2.05) is 12.1 Å². The molecule has 0 atom stereocenters. The van der Waals surface area contributed by atoms with Crippen molar-refractivity contribution in [1.82, 2.24) is 5.32 Å². The molecule has 0 spiro atoms. The fourth-order valence-corrected chi connectivity index (χ4v) is 2.42. The lowest BCUT2D eigenvalue weighted by molar-refractivity contribution is -0.121. The Morgan fingerprint density at radius 1 is 1.18 bits per heavy atom. The van der Waals surface area contributed by atoms with E-state index in [1.165, 1.54) is 24.8 Å². The third kappa shape index (κ3) is 3.88. The van der Waals surface area contributed by atoms with Gasteiger partial charge in [0.05, 0.1) is 6.42 Å². The van der Waals surface area contributed by atoms with Crippen LogP contribution in [0.2, 0.25) is 0 Å². The van der Waals surface area contributed by atoms with Crippen molar-refractivity contribution in [3.05, 3.63) is 35.4 Å². The van der Waals surface area contributed by atoms with Gasteiger partial charge in [0.25, 0.3) is 0 Å². The van der Waals surface area contributed by atoms with Crippen molar-refractivity contribution in [2.75, 3.05) is 0 Å². The first-order valence-electron chi connectivity index (χ1n) is 6.59. The fraction of sp³-hybridized carbons (Fsp3) is 0.533. The highest BCUT2D eigenvalue weighted by Crippen LogP contribution is 2.17. The van der Waals surface area contributed by atoms with Crippen LogP contribution in [0.3, 0.4) is 0 Å². The minimum atomic E-state index is 0.167. The van der Waals surface area contributed by atoms with Gasteiger partial charge in [0.15, 0.2) is 0 Å². The number of amides is 1. The molecule has 0 aliphatic heterocycles.